The van der Waals surface area contributed by atoms with Crippen LogP contribution in [0.15, 0.2) is 12.1 Å². The Balaban J connectivity index is 2.25. The molecule has 102 valence electrons. The average molecular weight is 250 g/mol. The normalized spacial score (nSPS) is 10.8. The zero-order chi connectivity index (χ0) is 13.4. The fourth-order valence-corrected chi connectivity index (χ4v) is 2.02. The third-order valence-corrected chi connectivity index (χ3v) is 3.49. The molecule has 0 spiro atoms. The van der Waals surface area contributed by atoms with E-state index in [0.29, 0.717) is 5.75 Å². The minimum Gasteiger partial charge on any atom is -0.508 e. The van der Waals surface area contributed by atoms with E-state index in [1.54, 1.807) is 6.07 Å². The Morgan fingerprint density at radius 2 is 1.78 bits per heavy atom. The van der Waals surface area contributed by atoms with Gasteiger partial charge in [0.1, 0.15) is 5.75 Å². The van der Waals surface area contributed by atoms with Crippen molar-refractivity contribution in [3.63, 3.8) is 0 Å². The largest absolute Gasteiger partial charge is 0.508 e. The molecule has 0 atom stereocenters. The van der Waals surface area contributed by atoms with Crippen LogP contribution in [-0.2, 0) is 6.54 Å². The number of hydrogen-bond donors (Lipinski definition) is 3. The fraction of sp³-hybridized carbons (Fsp3) is 0.600. The SMILES string of the molecule is Cc1c(O)ccc(CNCCCCCCN)c1C. The van der Waals surface area contributed by atoms with Crippen molar-refractivity contribution in [3.05, 3.63) is 28.8 Å². The van der Waals surface area contributed by atoms with Crippen LogP contribution in [-0.4, -0.2) is 18.2 Å². The van der Waals surface area contributed by atoms with Gasteiger partial charge in [-0.15, -0.1) is 0 Å². The standard InChI is InChI=1S/C15H26N2O/c1-12-13(2)15(18)8-7-14(12)11-17-10-6-4-3-5-9-16/h7-8,17-18H,3-6,9-11,16H2,1-2H3. The molecule has 1 aromatic rings. The summed E-state index contributed by atoms with van der Waals surface area (Å²) in [5, 5.41) is 13.0. The first-order valence-electron chi connectivity index (χ1n) is 6.85. The van der Waals surface area contributed by atoms with Gasteiger partial charge in [0.2, 0.25) is 0 Å². The van der Waals surface area contributed by atoms with E-state index in [0.717, 1.165) is 31.6 Å². The van der Waals surface area contributed by atoms with Gasteiger partial charge in [-0.1, -0.05) is 18.9 Å². The third kappa shape index (κ3) is 4.67. The molecule has 0 aliphatic heterocycles. The van der Waals surface area contributed by atoms with E-state index in [4.69, 9.17) is 5.73 Å². The van der Waals surface area contributed by atoms with Crippen molar-refractivity contribution in [2.24, 2.45) is 5.73 Å². The average Bonchev–Trinajstić information content (AvgIpc) is 2.37. The fourth-order valence-electron chi connectivity index (χ4n) is 2.02. The number of unbranched alkanes of at least 4 members (excludes halogenated alkanes) is 3. The maximum Gasteiger partial charge on any atom is 0.118 e. The molecule has 3 heteroatoms. The number of rotatable bonds is 8. The molecule has 0 heterocycles. The van der Waals surface area contributed by atoms with Crippen LogP contribution in [0, 0.1) is 13.8 Å². The summed E-state index contributed by atoms with van der Waals surface area (Å²) >= 11 is 0. The van der Waals surface area contributed by atoms with Crippen molar-refractivity contribution in [2.45, 2.75) is 46.1 Å². The molecular formula is C15H26N2O. The summed E-state index contributed by atoms with van der Waals surface area (Å²) in [7, 11) is 0. The Morgan fingerprint density at radius 3 is 2.50 bits per heavy atom. The predicted molar refractivity (Wildman–Crippen MR) is 76.8 cm³/mol. The van der Waals surface area contributed by atoms with Crippen LogP contribution >= 0.6 is 0 Å². The lowest BCUT2D eigenvalue weighted by molar-refractivity contribution is 0.470. The molecule has 18 heavy (non-hydrogen) atoms. The second-order valence-corrected chi connectivity index (χ2v) is 4.87. The van der Waals surface area contributed by atoms with Crippen molar-refractivity contribution < 1.29 is 5.11 Å². The van der Waals surface area contributed by atoms with Crippen molar-refractivity contribution in [1.82, 2.24) is 5.32 Å². The molecule has 0 radical (unpaired) electrons. The first-order valence-corrected chi connectivity index (χ1v) is 6.85. The lowest BCUT2D eigenvalue weighted by atomic mass is 10.0. The van der Waals surface area contributed by atoms with Crippen LogP contribution in [0.1, 0.15) is 42.4 Å². The van der Waals surface area contributed by atoms with E-state index in [-0.39, 0.29) is 0 Å². The Hall–Kier alpha value is -1.06. The van der Waals surface area contributed by atoms with E-state index < -0.39 is 0 Å². The highest BCUT2D eigenvalue weighted by Gasteiger charge is 2.04. The summed E-state index contributed by atoms with van der Waals surface area (Å²) < 4.78 is 0. The summed E-state index contributed by atoms with van der Waals surface area (Å²) in [4.78, 5) is 0. The van der Waals surface area contributed by atoms with Crippen molar-refractivity contribution >= 4 is 0 Å². The smallest absolute Gasteiger partial charge is 0.118 e. The molecule has 0 aliphatic rings. The van der Waals surface area contributed by atoms with Crippen LogP contribution < -0.4 is 11.1 Å². The summed E-state index contributed by atoms with van der Waals surface area (Å²) in [6.07, 6.45) is 4.82. The molecule has 0 aliphatic carbocycles. The predicted octanol–water partition coefficient (Wildman–Crippen LogP) is 2.62. The molecule has 1 rings (SSSR count). The summed E-state index contributed by atoms with van der Waals surface area (Å²) in [5.41, 5.74) is 8.89. The minimum absolute atomic E-state index is 0.387. The van der Waals surface area contributed by atoms with E-state index in [1.807, 2.05) is 13.0 Å². The van der Waals surface area contributed by atoms with Crippen LogP contribution in [0.2, 0.25) is 0 Å². The van der Waals surface area contributed by atoms with Gasteiger partial charge in [0.25, 0.3) is 0 Å². The Morgan fingerprint density at radius 1 is 1.06 bits per heavy atom. The maximum absolute atomic E-state index is 9.59. The maximum atomic E-state index is 9.59. The van der Waals surface area contributed by atoms with Crippen molar-refractivity contribution in [1.29, 1.82) is 0 Å². The molecule has 0 amide bonds. The molecule has 4 N–H and O–H groups in total. The highest BCUT2D eigenvalue weighted by Crippen LogP contribution is 2.22. The molecule has 0 aromatic heterocycles. The van der Waals surface area contributed by atoms with E-state index >= 15 is 0 Å². The van der Waals surface area contributed by atoms with Gasteiger partial charge in [-0.25, -0.2) is 0 Å². The first kappa shape index (κ1) is 15.0. The van der Waals surface area contributed by atoms with Gasteiger partial charge in [-0.05, 0) is 62.5 Å². The second kappa shape index (κ2) is 8.11. The van der Waals surface area contributed by atoms with Crippen molar-refractivity contribution in [3.8, 4) is 5.75 Å². The zero-order valence-corrected chi connectivity index (χ0v) is 11.6. The second-order valence-electron chi connectivity index (χ2n) is 4.87. The Kier molecular flexibility index (Phi) is 6.76. The monoisotopic (exact) mass is 250 g/mol. The Bertz CT molecular complexity index is 364. The van der Waals surface area contributed by atoms with Gasteiger partial charge in [-0.3, -0.25) is 0 Å². The summed E-state index contributed by atoms with van der Waals surface area (Å²) in [5.74, 6) is 0.387. The number of phenols is 1. The van der Waals surface area contributed by atoms with E-state index in [2.05, 4.69) is 12.2 Å². The van der Waals surface area contributed by atoms with Crippen LogP contribution in [0.3, 0.4) is 0 Å². The Labute approximate surface area is 110 Å². The molecule has 1 aromatic carbocycles. The van der Waals surface area contributed by atoms with Crippen molar-refractivity contribution in [2.75, 3.05) is 13.1 Å². The van der Waals surface area contributed by atoms with E-state index in [9.17, 15) is 5.11 Å². The lowest BCUT2D eigenvalue weighted by Gasteiger charge is -2.11. The van der Waals surface area contributed by atoms with Gasteiger partial charge in [0, 0.05) is 6.54 Å². The number of phenolic OH excluding ortho intramolecular Hbond substituents is 1. The van der Waals surface area contributed by atoms with Gasteiger partial charge in [-0.2, -0.15) is 0 Å². The van der Waals surface area contributed by atoms with Gasteiger partial charge in [0.15, 0.2) is 0 Å². The van der Waals surface area contributed by atoms with Gasteiger partial charge < -0.3 is 16.2 Å². The quantitative estimate of drug-likeness (QED) is 0.622. The highest BCUT2D eigenvalue weighted by atomic mass is 16.3. The van der Waals surface area contributed by atoms with E-state index in [1.165, 1.54) is 30.4 Å². The number of nitrogens with one attached hydrogen (secondary N) is 1. The minimum atomic E-state index is 0.387. The first-order chi connectivity index (χ1) is 8.66. The number of aromatic hydroxyl groups is 1. The molecule has 0 saturated heterocycles. The summed E-state index contributed by atoms with van der Waals surface area (Å²) in [6.45, 7) is 6.75. The molecule has 3 nitrogen and oxygen atoms in total. The van der Waals surface area contributed by atoms with Crippen LogP contribution in [0.25, 0.3) is 0 Å². The van der Waals surface area contributed by atoms with Crippen LogP contribution in [0.4, 0.5) is 0 Å². The van der Waals surface area contributed by atoms with Gasteiger partial charge in [0.05, 0.1) is 0 Å². The third-order valence-electron chi connectivity index (χ3n) is 3.49. The molecular weight excluding hydrogens is 224 g/mol. The molecule has 0 fully saturated rings. The number of nitrogens with two attached hydrogens (primary N) is 1. The highest BCUT2D eigenvalue weighted by molar-refractivity contribution is 5.42. The number of benzene rings is 1. The molecule has 0 unspecified atom stereocenters. The van der Waals surface area contributed by atoms with Crippen LogP contribution in [0.5, 0.6) is 5.75 Å². The topological polar surface area (TPSA) is 58.3 Å². The molecule has 0 bridgehead atoms. The zero-order valence-electron chi connectivity index (χ0n) is 11.6. The van der Waals surface area contributed by atoms with Gasteiger partial charge >= 0.3 is 0 Å². The summed E-state index contributed by atoms with van der Waals surface area (Å²) in [6, 6.07) is 3.78. The number of hydrogen-bond acceptors (Lipinski definition) is 3. The lowest BCUT2D eigenvalue weighted by Crippen LogP contribution is -2.15. The molecule has 0 saturated carbocycles.